The van der Waals surface area contributed by atoms with Crippen molar-refractivity contribution < 1.29 is 93.9 Å². The number of hydrogen-bond acceptors (Lipinski definition) is 12. The van der Waals surface area contributed by atoms with E-state index >= 15 is 0 Å². The van der Waals surface area contributed by atoms with Crippen LogP contribution in [0.5, 0.6) is 0 Å². The van der Waals surface area contributed by atoms with Crippen molar-refractivity contribution in [1.82, 2.24) is 9.13 Å². The molecule has 0 bridgehead atoms. The average Bonchev–Trinajstić information content (AvgIpc) is 3.30. The van der Waals surface area contributed by atoms with Crippen molar-refractivity contribution >= 4 is 11.4 Å². The Kier molecular flexibility index (Phi) is 18.3. The number of aromatic nitrogens is 4. The Hall–Kier alpha value is -1.55. The number of imidazole rings is 2. The summed E-state index contributed by atoms with van der Waals surface area (Å²) in [6, 6.07) is -0.396. The van der Waals surface area contributed by atoms with E-state index in [1.54, 1.807) is 13.8 Å². The summed E-state index contributed by atoms with van der Waals surface area (Å²) in [7, 11) is -5.99. The van der Waals surface area contributed by atoms with Crippen molar-refractivity contribution in [1.29, 1.82) is 0 Å². The maximum absolute atomic E-state index is 10.2. The minimum absolute atomic E-state index is 0. The summed E-state index contributed by atoms with van der Waals surface area (Å²) in [5.74, 6) is 0. The molecule has 2 N–H and O–H groups in total. The van der Waals surface area contributed by atoms with Gasteiger partial charge in [0.25, 0.3) is 0 Å². The van der Waals surface area contributed by atoms with E-state index in [0.717, 1.165) is 11.4 Å². The van der Waals surface area contributed by atoms with Gasteiger partial charge < -0.3 is 10.2 Å². The van der Waals surface area contributed by atoms with Gasteiger partial charge in [0, 0.05) is 16.8 Å². The molecular formula is C20H34Cl2CoN6O10. The molecule has 19 heteroatoms. The predicted octanol–water partition coefficient (Wildman–Crippen LogP) is -9.11. The number of aliphatic hydroxyl groups excluding tert-OH is 2. The van der Waals surface area contributed by atoms with E-state index in [1.807, 2.05) is 83.7 Å². The number of aliphatic hydroxyl groups is 2. The Balaban J connectivity index is 0. The molecule has 16 nitrogen and oxygen atoms in total. The predicted molar refractivity (Wildman–Crippen MR) is 109 cm³/mol. The van der Waals surface area contributed by atoms with E-state index in [4.69, 9.17) is 37.3 Å². The SMILES string of the molecule is CC(=NCCN=C(C)C(C(C)O)n1cc[n+](C)c1)C(C(C)O)n1cc[n+](C)c1.[Co].[O-][Cl+3]([O-])([O-])[O-].[O-][Cl+3]([O-])([O-])[O-]. The van der Waals surface area contributed by atoms with Gasteiger partial charge in [-0.2, -0.15) is 0 Å². The van der Waals surface area contributed by atoms with Crippen LogP contribution in [0.2, 0.25) is 0 Å². The number of aryl methyl sites for hydroxylation is 2. The Morgan fingerprint density at radius 1 is 0.718 bits per heavy atom. The van der Waals surface area contributed by atoms with Crippen LogP contribution in [0.3, 0.4) is 0 Å². The summed E-state index contributed by atoms with van der Waals surface area (Å²) < 4.78 is 75.8. The van der Waals surface area contributed by atoms with Gasteiger partial charge in [0.1, 0.15) is 24.8 Å². The fourth-order valence-corrected chi connectivity index (χ4v) is 3.54. The molecule has 2 rings (SSSR count). The van der Waals surface area contributed by atoms with E-state index in [9.17, 15) is 10.2 Å². The minimum atomic E-state index is -4.94. The molecule has 0 amide bonds. The molecule has 0 saturated carbocycles. The quantitative estimate of drug-likeness (QED) is 0.147. The van der Waals surface area contributed by atoms with Gasteiger partial charge in [-0.1, -0.05) is 0 Å². The van der Waals surface area contributed by atoms with Gasteiger partial charge in [0.15, 0.2) is 12.1 Å². The molecule has 0 spiro atoms. The normalized spacial score (nSPS) is 15.6. The maximum atomic E-state index is 10.2. The van der Waals surface area contributed by atoms with Gasteiger partial charge in [-0.15, -0.1) is 20.5 Å². The van der Waals surface area contributed by atoms with Gasteiger partial charge in [0.05, 0.1) is 50.8 Å². The first-order valence-electron chi connectivity index (χ1n) is 10.9. The van der Waals surface area contributed by atoms with Gasteiger partial charge in [-0.25, -0.2) is 55.5 Å². The van der Waals surface area contributed by atoms with Crippen LogP contribution in [0.1, 0.15) is 39.8 Å². The third kappa shape index (κ3) is 19.2. The summed E-state index contributed by atoms with van der Waals surface area (Å²) in [6.45, 7) is 8.49. The molecule has 0 fully saturated rings. The van der Waals surface area contributed by atoms with Gasteiger partial charge in [0.2, 0.25) is 12.7 Å². The molecule has 2 aromatic rings. The van der Waals surface area contributed by atoms with Crippen LogP contribution in [-0.2, 0) is 30.9 Å². The first-order valence-corrected chi connectivity index (χ1v) is 13.3. The number of nitrogens with zero attached hydrogens (tertiary/aromatic N) is 6. The monoisotopic (exact) mass is 647 g/mol. The summed E-state index contributed by atoms with van der Waals surface area (Å²) in [5, 5.41) is 20.4. The topological polar surface area (TPSA) is 267 Å². The smallest absolute Gasteiger partial charge is 0.244 e. The zero-order valence-electron chi connectivity index (χ0n) is 22.1. The van der Waals surface area contributed by atoms with Gasteiger partial charge in [-0.05, 0) is 27.7 Å². The summed E-state index contributed by atoms with van der Waals surface area (Å²) >= 11 is 0. The zero-order valence-corrected chi connectivity index (χ0v) is 24.7. The van der Waals surface area contributed by atoms with Gasteiger partial charge >= 0.3 is 0 Å². The number of halogens is 2. The summed E-state index contributed by atoms with van der Waals surface area (Å²) in [5.41, 5.74) is 1.73. The van der Waals surface area contributed by atoms with Crippen LogP contribution in [0.4, 0.5) is 0 Å². The fraction of sp³-hybridized carbons (Fsp3) is 0.600. The Morgan fingerprint density at radius 2 is 0.974 bits per heavy atom. The Labute approximate surface area is 240 Å². The van der Waals surface area contributed by atoms with Crippen molar-refractivity contribution in [3.63, 3.8) is 0 Å². The number of hydrogen-bond donors (Lipinski definition) is 2. The Morgan fingerprint density at radius 3 is 1.15 bits per heavy atom. The molecule has 0 aromatic carbocycles. The summed E-state index contributed by atoms with van der Waals surface area (Å²) in [6.07, 6.45) is 10.5. The maximum Gasteiger partial charge on any atom is 0.244 e. The molecule has 39 heavy (non-hydrogen) atoms. The largest absolute Gasteiger partial charge is 0.389 e. The fourth-order valence-electron chi connectivity index (χ4n) is 3.54. The van der Waals surface area contributed by atoms with E-state index in [1.165, 1.54) is 0 Å². The molecule has 0 aliphatic heterocycles. The first kappa shape index (κ1) is 39.6. The number of aliphatic imine (C=N–C) groups is 2. The van der Waals surface area contributed by atoms with Crippen LogP contribution in [0, 0.1) is 20.5 Å². The van der Waals surface area contributed by atoms with Crippen molar-refractivity contribution in [2.75, 3.05) is 13.1 Å². The van der Waals surface area contributed by atoms with Gasteiger partial charge in [-0.3, -0.25) is 9.98 Å². The second kappa shape index (κ2) is 18.0. The van der Waals surface area contributed by atoms with E-state index in [-0.39, 0.29) is 28.9 Å². The number of rotatable bonds is 9. The summed E-state index contributed by atoms with van der Waals surface area (Å²) in [4.78, 5) is 9.26. The third-order valence-electron chi connectivity index (χ3n) is 4.81. The van der Waals surface area contributed by atoms with Crippen molar-refractivity contribution in [3.05, 3.63) is 37.4 Å². The van der Waals surface area contributed by atoms with Crippen LogP contribution in [0.15, 0.2) is 47.4 Å². The van der Waals surface area contributed by atoms with Crippen LogP contribution >= 0.6 is 0 Å². The van der Waals surface area contributed by atoms with Crippen molar-refractivity contribution in [2.24, 2.45) is 24.1 Å². The van der Waals surface area contributed by atoms with Crippen molar-refractivity contribution in [3.8, 4) is 0 Å². The van der Waals surface area contributed by atoms with E-state index < -0.39 is 32.7 Å². The molecule has 0 aliphatic carbocycles. The molecule has 0 aliphatic rings. The molecule has 2 heterocycles. The standard InChI is InChI=1S/C20H34N6O2.2ClHO4.Co/c1-15(19(17(3)27)25-11-9-23(5)13-25)21-7-8-22-16(2)20(18(4)28)26-12-10-24(6)14-26;2*2-1(3,4)5;/h9-14,17-20,27-28H,7-8H2,1-6H3;2*(H,2,3,4,5);/q+2;;;/p-2. The second-order valence-corrected chi connectivity index (χ2v) is 9.74. The minimum Gasteiger partial charge on any atom is -0.389 e. The zero-order chi connectivity index (χ0) is 29.8. The molecule has 1 radical (unpaired) electrons. The molecule has 4 atom stereocenters. The van der Waals surface area contributed by atoms with Crippen LogP contribution in [-0.4, -0.2) is 56.1 Å². The average molecular weight is 648 g/mol. The molecule has 227 valence electrons. The van der Waals surface area contributed by atoms with Crippen molar-refractivity contribution in [2.45, 2.75) is 52.0 Å². The molecule has 0 saturated heterocycles. The molecule has 4 unspecified atom stereocenters. The van der Waals surface area contributed by atoms with Crippen LogP contribution in [0.25, 0.3) is 0 Å². The van der Waals surface area contributed by atoms with E-state index in [2.05, 4.69) is 9.98 Å². The first-order chi connectivity index (χ1) is 17.2. The third-order valence-corrected chi connectivity index (χ3v) is 4.81. The molecular weight excluding hydrogens is 614 g/mol. The Bertz CT molecular complexity index is 929. The van der Waals surface area contributed by atoms with Crippen LogP contribution < -0.4 is 46.4 Å². The van der Waals surface area contributed by atoms with E-state index in [0.29, 0.717) is 13.1 Å². The molecule has 2 aromatic heterocycles. The second-order valence-electron chi connectivity index (χ2n) is 8.23.